The minimum Gasteiger partial charge on any atom is -0.736 e. The first-order valence-corrected chi connectivity index (χ1v) is 10.9. The first kappa shape index (κ1) is 19.6. The summed E-state index contributed by atoms with van der Waals surface area (Å²) < 4.78 is 24.5. The van der Waals surface area contributed by atoms with Crippen LogP contribution in [0.1, 0.15) is 31.9 Å². The number of phosphoric ester groups is 1. The zero-order chi connectivity index (χ0) is 19.5. The fourth-order valence-electron chi connectivity index (χ4n) is 2.56. The van der Waals surface area contributed by atoms with Crippen molar-refractivity contribution in [1.82, 2.24) is 0 Å². The summed E-state index contributed by atoms with van der Waals surface area (Å²) in [6, 6.07) is 14.0. The first-order valence-electron chi connectivity index (χ1n) is 8.52. The molecule has 142 valence electrons. The Morgan fingerprint density at radius 3 is 2.41 bits per heavy atom. The third-order valence-corrected chi connectivity index (χ3v) is 5.49. The lowest BCUT2D eigenvalue weighted by atomic mass is 9.87. The topological polar surface area (TPSA) is 62.5 Å². The van der Waals surface area contributed by atoms with Crippen LogP contribution in [-0.4, -0.2) is 0 Å². The van der Waals surface area contributed by atoms with Crippen molar-refractivity contribution in [2.75, 3.05) is 0 Å². The number of nitrogens with zero attached hydrogens (tertiary/aromatic N) is 1. The molecule has 27 heavy (non-hydrogen) atoms. The fourth-order valence-corrected chi connectivity index (χ4v) is 3.94. The largest absolute Gasteiger partial charge is 0.736 e. The number of aromatic nitrogens is 1. The molecule has 0 fully saturated rings. The SMILES string of the molecule is CC(C)(C)c1ccc(OP(=O)([O-])Oc2cccc(C[n+]3ccsc3)c2)cc1. The van der Waals surface area contributed by atoms with Crippen molar-refractivity contribution in [1.29, 1.82) is 0 Å². The maximum absolute atomic E-state index is 12.3. The zero-order valence-corrected chi connectivity index (χ0v) is 17.2. The van der Waals surface area contributed by atoms with Gasteiger partial charge in [-0.3, -0.25) is 0 Å². The molecule has 1 unspecified atom stereocenters. The van der Waals surface area contributed by atoms with Crippen LogP contribution in [0.5, 0.6) is 11.5 Å². The Balaban J connectivity index is 1.68. The Morgan fingerprint density at radius 2 is 1.78 bits per heavy atom. The van der Waals surface area contributed by atoms with Crippen molar-refractivity contribution in [2.45, 2.75) is 32.7 Å². The summed E-state index contributed by atoms with van der Waals surface area (Å²) in [6.07, 6.45) is 1.96. The van der Waals surface area contributed by atoms with Crippen LogP contribution < -0.4 is 18.5 Å². The number of benzene rings is 2. The Morgan fingerprint density at radius 1 is 1.07 bits per heavy atom. The van der Waals surface area contributed by atoms with Crippen molar-refractivity contribution in [3.05, 3.63) is 76.7 Å². The van der Waals surface area contributed by atoms with Gasteiger partial charge in [0.25, 0.3) is 0 Å². The van der Waals surface area contributed by atoms with E-state index in [1.165, 1.54) is 0 Å². The van der Waals surface area contributed by atoms with Crippen molar-refractivity contribution < 1.29 is 23.1 Å². The van der Waals surface area contributed by atoms with Crippen LogP contribution in [0.2, 0.25) is 0 Å². The molecular formula is C20H22NO4PS. The van der Waals surface area contributed by atoms with Crippen molar-refractivity contribution in [2.24, 2.45) is 0 Å². The van der Waals surface area contributed by atoms with Crippen LogP contribution in [0, 0.1) is 0 Å². The van der Waals surface area contributed by atoms with Crippen molar-refractivity contribution in [3.63, 3.8) is 0 Å². The van der Waals surface area contributed by atoms with Crippen molar-refractivity contribution in [3.8, 4) is 11.5 Å². The van der Waals surface area contributed by atoms with E-state index in [1.807, 2.05) is 39.9 Å². The van der Waals surface area contributed by atoms with Gasteiger partial charge in [0.05, 0.1) is 5.38 Å². The average Bonchev–Trinajstić information content (AvgIpc) is 3.07. The van der Waals surface area contributed by atoms with Gasteiger partial charge in [-0.05, 0) is 35.2 Å². The smallest absolute Gasteiger partial charge is 0.372 e. The Kier molecular flexibility index (Phi) is 5.70. The molecule has 0 radical (unpaired) electrons. The molecule has 1 atom stereocenters. The third kappa shape index (κ3) is 5.67. The standard InChI is InChI=1S/C20H22NO4PS/c1-20(2,3)17-7-9-18(10-8-17)24-26(22,23)25-19-6-4-5-16(13-19)14-21-11-12-27-15-21/h4-13,15H,14H2,1-3H3. The fraction of sp³-hybridized carbons (Fsp3) is 0.250. The highest BCUT2D eigenvalue weighted by Gasteiger charge is 2.16. The van der Waals surface area contributed by atoms with Gasteiger partial charge in [-0.1, -0.05) is 56.4 Å². The van der Waals surface area contributed by atoms with Crippen LogP contribution in [0.3, 0.4) is 0 Å². The van der Waals surface area contributed by atoms with Gasteiger partial charge < -0.3 is 13.9 Å². The van der Waals surface area contributed by atoms with Gasteiger partial charge in [0.1, 0.15) is 11.5 Å². The second kappa shape index (κ2) is 7.85. The second-order valence-corrected chi connectivity index (χ2v) is 9.27. The summed E-state index contributed by atoms with van der Waals surface area (Å²) in [5.41, 5.74) is 3.99. The van der Waals surface area contributed by atoms with Crippen LogP contribution >= 0.6 is 19.2 Å². The van der Waals surface area contributed by atoms with Crippen LogP contribution in [0.15, 0.2) is 65.6 Å². The van der Waals surface area contributed by atoms with Gasteiger partial charge in [0, 0.05) is 5.56 Å². The molecule has 0 saturated carbocycles. The van der Waals surface area contributed by atoms with E-state index in [4.69, 9.17) is 9.05 Å². The van der Waals surface area contributed by atoms with Crippen LogP contribution in [0.25, 0.3) is 0 Å². The summed E-state index contributed by atoms with van der Waals surface area (Å²) >= 11 is 1.59. The summed E-state index contributed by atoms with van der Waals surface area (Å²) in [7, 11) is -4.54. The minimum atomic E-state index is -4.54. The van der Waals surface area contributed by atoms with E-state index >= 15 is 0 Å². The molecule has 0 saturated heterocycles. The highest BCUT2D eigenvalue weighted by Crippen LogP contribution is 2.41. The lowest BCUT2D eigenvalue weighted by Crippen LogP contribution is -2.30. The van der Waals surface area contributed by atoms with E-state index in [-0.39, 0.29) is 16.9 Å². The Bertz CT molecular complexity index is 933. The molecule has 1 aromatic heterocycles. The highest BCUT2D eigenvalue weighted by molar-refractivity contribution is 7.46. The molecule has 3 aromatic rings. The third-order valence-electron chi connectivity index (χ3n) is 3.95. The molecule has 0 amide bonds. The molecule has 3 rings (SSSR count). The normalized spacial score (nSPS) is 13.8. The monoisotopic (exact) mass is 403 g/mol. The average molecular weight is 403 g/mol. The molecule has 0 bridgehead atoms. The van der Waals surface area contributed by atoms with Gasteiger partial charge in [0.2, 0.25) is 5.51 Å². The van der Waals surface area contributed by atoms with E-state index in [2.05, 4.69) is 20.8 Å². The molecule has 5 nitrogen and oxygen atoms in total. The van der Waals surface area contributed by atoms with Crippen LogP contribution in [-0.2, 0) is 16.5 Å². The van der Waals surface area contributed by atoms with Gasteiger partial charge in [0.15, 0.2) is 12.7 Å². The summed E-state index contributed by atoms with van der Waals surface area (Å²) in [6.45, 7) is 6.91. The van der Waals surface area contributed by atoms with E-state index in [0.29, 0.717) is 6.54 Å². The number of hydrogen-bond acceptors (Lipinski definition) is 5. The highest BCUT2D eigenvalue weighted by atomic mass is 32.1. The molecule has 7 heteroatoms. The summed E-state index contributed by atoms with van der Waals surface area (Å²) in [4.78, 5) is 12.3. The van der Waals surface area contributed by atoms with Gasteiger partial charge in [-0.2, -0.15) is 4.57 Å². The zero-order valence-electron chi connectivity index (χ0n) is 15.5. The van der Waals surface area contributed by atoms with Gasteiger partial charge >= 0.3 is 7.82 Å². The Hall–Kier alpha value is -2.14. The lowest BCUT2D eigenvalue weighted by Gasteiger charge is -2.24. The van der Waals surface area contributed by atoms with Crippen molar-refractivity contribution >= 4 is 19.2 Å². The molecular weight excluding hydrogens is 381 g/mol. The summed E-state index contributed by atoms with van der Waals surface area (Å²) in [5, 5.41) is 1.98. The lowest BCUT2D eigenvalue weighted by molar-refractivity contribution is -0.683. The van der Waals surface area contributed by atoms with Gasteiger partial charge in [-0.25, -0.2) is 4.57 Å². The number of rotatable bonds is 6. The molecule has 0 aliphatic heterocycles. The number of hydrogen-bond donors (Lipinski definition) is 0. The Labute approximate surface area is 163 Å². The quantitative estimate of drug-likeness (QED) is 0.455. The first-order chi connectivity index (χ1) is 12.7. The van der Waals surface area contributed by atoms with E-state index in [1.54, 1.807) is 41.7 Å². The summed E-state index contributed by atoms with van der Waals surface area (Å²) in [5.74, 6) is 0.458. The molecule has 0 aliphatic carbocycles. The number of phosphoric acid groups is 1. The second-order valence-electron chi connectivity index (χ2n) is 7.25. The molecule has 1 heterocycles. The predicted molar refractivity (Wildman–Crippen MR) is 104 cm³/mol. The number of thiazole rings is 1. The van der Waals surface area contributed by atoms with Crippen LogP contribution in [0.4, 0.5) is 0 Å². The molecule has 2 aromatic carbocycles. The molecule has 0 N–H and O–H groups in total. The maximum atomic E-state index is 12.3. The van der Waals surface area contributed by atoms with E-state index < -0.39 is 7.82 Å². The van der Waals surface area contributed by atoms with E-state index in [0.717, 1.165) is 11.1 Å². The minimum absolute atomic E-state index is 0.0168. The van der Waals surface area contributed by atoms with Gasteiger partial charge in [-0.15, -0.1) is 0 Å². The predicted octanol–water partition coefficient (Wildman–Crippen LogP) is 4.31. The van der Waals surface area contributed by atoms with E-state index in [9.17, 15) is 9.46 Å². The maximum Gasteiger partial charge on any atom is 0.372 e. The molecule has 0 aliphatic rings. The molecule has 0 spiro atoms.